The Bertz CT molecular complexity index is 795. The molecule has 23 heavy (non-hydrogen) atoms. The van der Waals surface area contributed by atoms with Crippen LogP contribution in [0.5, 0.6) is 0 Å². The van der Waals surface area contributed by atoms with Crippen molar-refractivity contribution in [3.05, 3.63) is 51.8 Å². The van der Waals surface area contributed by atoms with Crippen LogP contribution in [0.4, 0.5) is 4.39 Å². The monoisotopic (exact) mass is 347 g/mol. The summed E-state index contributed by atoms with van der Waals surface area (Å²) in [6, 6.07) is 8.18. The number of halogens is 1. The van der Waals surface area contributed by atoms with Gasteiger partial charge in [-0.05, 0) is 42.6 Å². The van der Waals surface area contributed by atoms with Gasteiger partial charge >= 0.3 is 5.97 Å². The van der Waals surface area contributed by atoms with Gasteiger partial charge in [0.1, 0.15) is 10.8 Å². The van der Waals surface area contributed by atoms with Gasteiger partial charge in [0.2, 0.25) is 0 Å². The molecule has 0 saturated carbocycles. The minimum Gasteiger partial charge on any atom is -0.466 e. The number of hydrogen-bond donors (Lipinski definition) is 0. The van der Waals surface area contributed by atoms with E-state index < -0.39 is 0 Å². The van der Waals surface area contributed by atoms with Gasteiger partial charge in [0.05, 0.1) is 18.7 Å². The molecule has 0 aliphatic heterocycles. The van der Waals surface area contributed by atoms with Crippen molar-refractivity contribution in [2.45, 2.75) is 13.3 Å². The molecule has 0 aliphatic rings. The summed E-state index contributed by atoms with van der Waals surface area (Å²) < 4.78 is 18.1. The summed E-state index contributed by atoms with van der Waals surface area (Å²) in [5, 5.41) is 4.74. The number of carbonyl (C=O) groups excluding carboxylic acids is 1. The van der Waals surface area contributed by atoms with Crippen LogP contribution >= 0.6 is 22.7 Å². The summed E-state index contributed by atoms with van der Waals surface area (Å²) in [6.07, 6.45) is 0.192. The lowest BCUT2D eigenvalue weighted by atomic mass is 10.2. The fourth-order valence-electron chi connectivity index (χ4n) is 2.16. The minimum absolute atomic E-state index is 0.192. The first-order valence-corrected chi connectivity index (χ1v) is 8.87. The van der Waals surface area contributed by atoms with Gasteiger partial charge in [-0.1, -0.05) is 0 Å². The Morgan fingerprint density at radius 1 is 1.22 bits per heavy atom. The molecular weight excluding hydrogens is 333 g/mol. The second kappa shape index (κ2) is 7.02. The van der Waals surface area contributed by atoms with Crippen molar-refractivity contribution in [2.75, 3.05) is 6.61 Å². The van der Waals surface area contributed by atoms with E-state index in [2.05, 4.69) is 4.98 Å². The third-order valence-electron chi connectivity index (χ3n) is 3.19. The first kappa shape index (κ1) is 15.8. The number of thiophene rings is 1. The van der Waals surface area contributed by atoms with Crippen LogP contribution in [0.3, 0.4) is 0 Å². The zero-order valence-corrected chi connectivity index (χ0v) is 14.0. The maximum Gasteiger partial charge on any atom is 0.311 e. The highest BCUT2D eigenvalue weighted by molar-refractivity contribution is 7.15. The Morgan fingerprint density at radius 2 is 2.00 bits per heavy atom. The summed E-state index contributed by atoms with van der Waals surface area (Å²) in [7, 11) is 0. The molecule has 0 saturated heterocycles. The van der Waals surface area contributed by atoms with Crippen LogP contribution in [-0.2, 0) is 16.0 Å². The van der Waals surface area contributed by atoms with Crippen molar-refractivity contribution in [3.63, 3.8) is 0 Å². The van der Waals surface area contributed by atoms with Crippen molar-refractivity contribution in [3.8, 4) is 21.8 Å². The summed E-state index contributed by atoms with van der Waals surface area (Å²) in [6.45, 7) is 2.14. The van der Waals surface area contributed by atoms with E-state index in [1.807, 2.05) is 16.8 Å². The molecule has 0 unspecified atom stereocenters. The number of ether oxygens (including phenoxy) is 1. The molecular formula is C17H14FNO2S2. The molecule has 3 rings (SSSR count). The van der Waals surface area contributed by atoms with Crippen LogP contribution in [0.15, 0.2) is 41.1 Å². The molecule has 0 bridgehead atoms. The van der Waals surface area contributed by atoms with Crippen molar-refractivity contribution < 1.29 is 13.9 Å². The first-order valence-electron chi connectivity index (χ1n) is 7.11. The van der Waals surface area contributed by atoms with E-state index in [-0.39, 0.29) is 18.2 Å². The number of esters is 1. The van der Waals surface area contributed by atoms with Crippen molar-refractivity contribution in [1.82, 2.24) is 4.98 Å². The lowest BCUT2D eigenvalue weighted by Crippen LogP contribution is -2.07. The number of carbonyl (C=O) groups is 1. The number of benzene rings is 1. The summed E-state index contributed by atoms with van der Waals surface area (Å²) in [5.41, 5.74) is 2.62. The predicted octanol–water partition coefficient (Wildman–Crippen LogP) is 4.78. The molecule has 118 valence electrons. The number of rotatable bonds is 5. The zero-order chi connectivity index (χ0) is 16.2. The molecule has 0 atom stereocenters. The normalized spacial score (nSPS) is 10.7. The second-order valence-electron chi connectivity index (χ2n) is 4.79. The SMILES string of the molecule is CCOC(=O)Cc1sc(-c2ccc(F)cc2)nc1-c1ccsc1. The molecule has 3 aromatic rings. The van der Waals surface area contributed by atoms with E-state index in [0.29, 0.717) is 6.61 Å². The van der Waals surface area contributed by atoms with Gasteiger partial charge in [0, 0.05) is 21.4 Å². The van der Waals surface area contributed by atoms with Crippen molar-refractivity contribution >= 4 is 28.6 Å². The number of thiazole rings is 1. The van der Waals surface area contributed by atoms with Crippen LogP contribution < -0.4 is 0 Å². The first-order chi connectivity index (χ1) is 11.2. The molecule has 0 amide bonds. The molecule has 6 heteroatoms. The van der Waals surface area contributed by atoms with Gasteiger partial charge in [-0.2, -0.15) is 11.3 Å². The minimum atomic E-state index is -0.282. The molecule has 0 N–H and O–H groups in total. The molecule has 2 aromatic heterocycles. The van der Waals surface area contributed by atoms with Crippen LogP contribution in [0, 0.1) is 5.82 Å². The van der Waals surface area contributed by atoms with Gasteiger partial charge in [-0.3, -0.25) is 4.79 Å². The third kappa shape index (κ3) is 3.65. The Balaban J connectivity index is 1.99. The lowest BCUT2D eigenvalue weighted by molar-refractivity contribution is -0.142. The Morgan fingerprint density at radius 3 is 2.65 bits per heavy atom. The fraction of sp³-hybridized carbons (Fsp3) is 0.176. The lowest BCUT2D eigenvalue weighted by Gasteiger charge is -2.01. The molecule has 1 aromatic carbocycles. The molecule has 0 radical (unpaired) electrons. The number of aromatic nitrogens is 1. The molecule has 3 nitrogen and oxygen atoms in total. The maximum absolute atomic E-state index is 13.1. The van der Waals surface area contributed by atoms with Crippen LogP contribution in [0.1, 0.15) is 11.8 Å². The molecule has 0 spiro atoms. The Kier molecular flexibility index (Phi) is 4.83. The van der Waals surface area contributed by atoms with Crippen LogP contribution in [0.25, 0.3) is 21.8 Å². The van der Waals surface area contributed by atoms with Crippen LogP contribution in [0.2, 0.25) is 0 Å². The van der Waals surface area contributed by atoms with Gasteiger partial charge in [-0.25, -0.2) is 9.37 Å². The van der Waals surface area contributed by atoms with Crippen LogP contribution in [-0.4, -0.2) is 17.6 Å². The maximum atomic E-state index is 13.1. The Hall–Kier alpha value is -2.05. The standard InChI is InChI=1S/C17H14FNO2S2/c1-2-21-15(20)9-14-16(12-7-8-22-10-12)19-17(23-14)11-3-5-13(18)6-4-11/h3-8,10H,2,9H2,1H3. The van der Waals surface area contributed by atoms with Gasteiger partial charge in [0.25, 0.3) is 0 Å². The Labute approximate surface area is 141 Å². The number of nitrogens with zero attached hydrogens (tertiary/aromatic N) is 1. The van der Waals surface area contributed by atoms with Gasteiger partial charge < -0.3 is 4.74 Å². The molecule has 2 heterocycles. The molecule has 0 aliphatic carbocycles. The molecule has 0 fully saturated rings. The largest absolute Gasteiger partial charge is 0.466 e. The van der Waals surface area contributed by atoms with E-state index in [4.69, 9.17) is 4.74 Å². The zero-order valence-electron chi connectivity index (χ0n) is 12.4. The third-order valence-corrected chi connectivity index (χ3v) is 4.98. The second-order valence-corrected chi connectivity index (χ2v) is 6.66. The van der Waals surface area contributed by atoms with E-state index in [9.17, 15) is 9.18 Å². The van der Waals surface area contributed by atoms with Gasteiger partial charge in [-0.15, -0.1) is 11.3 Å². The summed E-state index contributed by atoms with van der Waals surface area (Å²) in [5.74, 6) is -0.548. The highest BCUT2D eigenvalue weighted by Crippen LogP contribution is 2.35. The van der Waals surface area contributed by atoms with Crippen molar-refractivity contribution in [2.24, 2.45) is 0 Å². The predicted molar refractivity (Wildman–Crippen MR) is 91.2 cm³/mol. The highest BCUT2D eigenvalue weighted by Gasteiger charge is 2.18. The van der Waals surface area contributed by atoms with E-state index in [1.165, 1.54) is 23.5 Å². The number of hydrogen-bond acceptors (Lipinski definition) is 5. The highest BCUT2D eigenvalue weighted by atomic mass is 32.1. The van der Waals surface area contributed by atoms with E-state index in [0.717, 1.165) is 26.7 Å². The average Bonchev–Trinajstić information content (AvgIpc) is 3.17. The van der Waals surface area contributed by atoms with E-state index >= 15 is 0 Å². The fourth-order valence-corrected chi connectivity index (χ4v) is 3.87. The summed E-state index contributed by atoms with van der Waals surface area (Å²) >= 11 is 3.02. The topological polar surface area (TPSA) is 39.2 Å². The quantitative estimate of drug-likeness (QED) is 0.623. The van der Waals surface area contributed by atoms with E-state index in [1.54, 1.807) is 30.4 Å². The van der Waals surface area contributed by atoms with Crippen molar-refractivity contribution in [1.29, 1.82) is 0 Å². The smallest absolute Gasteiger partial charge is 0.311 e. The summed E-state index contributed by atoms with van der Waals surface area (Å²) in [4.78, 5) is 17.4. The van der Waals surface area contributed by atoms with Gasteiger partial charge in [0.15, 0.2) is 0 Å². The average molecular weight is 347 g/mol.